The van der Waals surface area contributed by atoms with E-state index in [1.165, 1.54) is 22.1 Å². The Morgan fingerprint density at radius 1 is 1.09 bits per heavy atom. The molecule has 1 saturated heterocycles. The molecular weight excluding hydrogens is 418 g/mol. The van der Waals surface area contributed by atoms with Crippen molar-refractivity contribution in [2.75, 3.05) is 5.32 Å². The summed E-state index contributed by atoms with van der Waals surface area (Å²) in [6.07, 6.45) is 2.12. The number of para-hydroxylation sites is 2. The molecule has 4 rings (SSSR count). The lowest BCUT2D eigenvalue weighted by Gasteiger charge is -2.45. The molecule has 33 heavy (non-hydrogen) atoms. The molecule has 2 aromatic carbocycles. The summed E-state index contributed by atoms with van der Waals surface area (Å²) >= 11 is 0. The summed E-state index contributed by atoms with van der Waals surface area (Å²) < 4.78 is 0. The highest BCUT2D eigenvalue weighted by molar-refractivity contribution is 6.03. The van der Waals surface area contributed by atoms with Gasteiger partial charge in [-0.3, -0.25) is 14.4 Å². The second-order valence-corrected chi connectivity index (χ2v) is 9.18. The summed E-state index contributed by atoms with van der Waals surface area (Å²) in [5, 5.41) is 15.7. The molecule has 2 aliphatic rings. The zero-order valence-electron chi connectivity index (χ0n) is 19.2. The van der Waals surface area contributed by atoms with Crippen molar-refractivity contribution in [3.05, 3.63) is 59.7 Å². The van der Waals surface area contributed by atoms with Gasteiger partial charge in [0, 0.05) is 0 Å². The lowest BCUT2D eigenvalue weighted by atomic mass is 9.87. The molecular formula is C26H31N3O4. The second kappa shape index (κ2) is 9.25. The summed E-state index contributed by atoms with van der Waals surface area (Å²) in [6.45, 7) is 5.53. The van der Waals surface area contributed by atoms with E-state index in [2.05, 4.69) is 22.8 Å². The number of piperazine rings is 1. The third-order valence-corrected chi connectivity index (χ3v) is 7.08. The third-order valence-electron chi connectivity index (χ3n) is 7.08. The molecule has 0 aromatic heterocycles. The van der Waals surface area contributed by atoms with Crippen molar-refractivity contribution in [2.24, 2.45) is 11.8 Å². The number of carbonyl (C=O) groups is 3. The minimum absolute atomic E-state index is 0.0485. The van der Waals surface area contributed by atoms with Crippen LogP contribution < -0.4 is 10.6 Å². The van der Waals surface area contributed by atoms with Gasteiger partial charge in [0.1, 0.15) is 23.9 Å². The number of hydrogen-bond donors (Lipinski definition) is 3. The van der Waals surface area contributed by atoms with E-state index in [1.54, 1.807) is 25.1 Å². The van der Waals surface area contributed by atoms with E-state index in [0.29, 0.717) is 19.3 Å². The normalized spacial score (nSPS) is 22.5. The van der Waals surface area contributed by atoms with Crippen LogP contribution in [0.5, 0.6) is 5.75 Å². The Hall–Kier alpha value is -3.35. The van der Waals surface area contributed by atoms with Gasteiger partial charge in [-0.15, -0.1) is 0 Å². The molecule has 4 atom stereocenters. The smallest absolute Gasteiger partial charge is 0.247 e. The van der Waals surface area contributed by atoms with Gasteiger partial charge in [0.2, 0.25) is 17.7 Å². The molecule has 7 heteroatoms. The second-order valence-electron chi connectivity index (χ2n) is 9.18. The zero-order chi connectivity index (χ0) is 23.7. The number of anilines is 1. The summed E-state index contributed by atoms with van der Waals surface area (Å²) in [5.74, 6) is -1.10. The summed E-state index contributed by atoms with van der Waals surface area (Å²) in [4.78, 5) is 41.6. The predicted octanol–water partition coefficient (Wildman–Crippen LogP) is 2.88. The van der Waals surface area contributed by atoms with Crippen molar-refractivity contribution in [3.8, 4) is 5.75 Å². The van der Waals surface area contributed by atoms with Crippen LogP contribution in [0.25, 0.3) is 0 Å². The first-order valence-electron chi connectivity index (χ1n) is 11.6. The molecule has 7 nitrogen and oxygen atoms in total. The van der Waals surface area contributed by atoms with Gasteiger partial charge in [-0.1, -0.05) is 56.7 Å². The van der Waals surface area contributed by atoms with E-state index in [4.69, 9.17) is 0 Å². The average molecular weight is 450 g/mol. The number of carbonyl (C=O) groups excluding carboxylic acids is 3. The van der Waals surface area contributed by atoms with Crippen LogP contribution in [0.2, 0.25) is 0 Å². The number of nitrogens with one attached hydrogen (secondary N) is 2. The monoisotopic (exact) mass is 449 g/mol. The number of hydrogen-bond acceptors (Lipinski definition) is 4. The number of aromatic hydroxyl groups is 1. The van der Waals surface area contributed by atoms with Crippen LogP contribution in [0.1, 0.15) is 38.3 Å². The Labute approximate surface area is 194 Å². The first kappa shape index (κ1) is 22.8. The summed E-state index contributed by atoms with van der Waals surface area (Å²) in [7, 11) is 0. The number of rotatable bonds is 6. The molecule has 3 amide bonds. The van der Waals surface area contributed by atoms with Crippen molar-refractivity contribution in [1.29, 1.82) is 0 Å². The number of benzene rings is 2. The summed E-state index contributed by atoms with van der Waals surface area (Å²) in [5.41, 5.74) is 2.67. The standard InChI is InChI=1S/C26H31N3O4/c1-4-15(2)23-25(32)28-22(19-13-17-9-5-6-10-18(17)14-19)26(33)29(23)16(3)24(31)27-20-11-7-8-12-21(20)30/h5-12,15-16,19,22-23,30H,4,13-14H2,1-3H3,(H,27,31)(H,28,32). The third kappa shape index (κ3) is 4.32. The van der Waals surface area contributed by atoms with Crippen LogP contribution in [0.4, 0.5) is 5.69 Å². The highest BCUT2D eigenvalue weighted by Gasteiger charge is 2.49. The average Bonchev–Trinajstić information content (AvgIpc) is 3.24. The van der Waals surface area contributed by atoms with Crippen LogP contribution >= 0.6 is 0 Å². The molecule has 174 valence electrons. The maximum Gasteiger partial charge on any atom is 0.247 e. The Morgan fingerprint density at radius 2 is 1.70 bits per heavy atom. The molecule has 3 N–H and O–H groups in total. The molecule has 1 heterocycles. The Balaban J connectivity index is 1.60. The van der Waals surface area contributed by atoms with E-state index < -0.39 is 24.0 Å². The minimum atomic E-state index is -0.881. The van der Waals surface area contributed by atoms with Crippen LogP contribution in [-0.4, -0.2) is 45.9 Å². The van der Waals surface area contributed by atoms with E-state index in [9.17, 15) is 19.5 Å². The van der Waals surface area contributed by atoms with E-state index in [0.717, 1.165) is 0 Å². The molecule has 4 unspecified atom stereocenters. The van der Waals surface area contributed by atoms with Gasteiger partial charge < -0.3 is 20.6 Å². The van der Waals surface area contributed by atoms with Gasteiger partial charge in [0.15, 0.2) is 0 Å². The van der Waals surface area contributed by atoms with E-state index in [1.807, 2.05) is 26.0 Å². The Morgan fingerprint density at radius 3 is 2.30 bits per heavy atom. The molecule has 0 radical (unpaired) electrons. The quantitative estimate of drug-likeness (QED) is 0.591. The fourth-order valence-corrected chi connectivity index (χ4v) is 5.00. The maximum absolute atomic E-state index is 13.8. The zero-order valence-corrected chi connectivity index (χ0v) is 19.2. The fourth-order valence-electron chi connectivity index (χ4n) is 5.00. The first-order valence-corrected chi connectivity index (χ1v) is 11.6. The van der Waals surface area contributed by atoms with Gasteiger partial charge in [-0.25, -0.2) is 0 Å². The van der Waals surface area contributed by atoms with Crippen molar-refractivity contribution in [1.82, 2.24) is 10.2 Å². The first-order chi connectivity index (χ1) is 15.8. The highest BCUT2D eigenvalue weighted by atomic mass is 16.3. The van der Waals surface area contributed by atoms with Crippen molar-refractivity contribution >= 4 is 23.4 Å². The van der Waals surface area contributed by atoms with Gasteiger partial charge in [0.25, 0.3) is 0 Å². The van der Waals surface area contributed by atoms with Crippen LogP contribution in [0.15, 0.2) is 48.5 Å². The van der Waals surface area contributed by atoms with Gasteiger partial charge in [-0.2, -0.15) is 0 Å². The summed E-state index contributed by atoms with van der Waals surface area (Å²) in [6, 6.07) is 12.2. The van der Waals surface area contributed by atoms with Crippen molar-refractivity contribution in [2.45, 2.75) is 58.2 Å². The highest BCUT2D eigenvalue weighted by Crippen LogP contribution is 2.33. The van der Waals surface area contributed by atoms with E-state index >= 15 is 0 Å². The number of amides is 3. The van der Waals surface area contributed by atoms with E-state index in [-0.39, 0.29) is 35.1 Å². The molecule has 1 aliphatic heterocycles. The van der Waals surface area contributed by atoms with Gasteiger partial charge in [0.05, 0.1) is 5.69 Å². The van der Waals surface area contributed by atoms with Crippen LogP contribution in [-0.2, 0) is 27.2 Å². The number of nitrogens with zero attached hydrogens (tertiary/aromatic N) is 1. The largest absolute Gasteiger partial charge is 0.506 e. The van der Waals surface area contributed by atoms with Gasteiger partial charge >= 0.3 is 0 Å². The number of phenolic OH excluding ortho intramolecular Hbond substituents is 1. The SMILES string of the molecule is CCC(C)C1C(=O)NC(C2Cc3ccccc3C2)C(=O)N1C(C)C(=O)Nc1ccccc1O. The fraction of sp³-hybridized carbons (Fsp3) is 0.423. The molecule has 1 aliphatic carbocycles. The lowest BCUT2D eigenvalue weighted by Crippen LogP contribution is -2.69. The number of phenols is 1. The topological polar surface area (TPSA) is 98.7 Å². The molecule has 1 fully saturated rings. The molecule has 2 aromatic rings. The van der Waals surface area contributed by atoms with Crippen LogP contribution in [0.3, 0.4) is 0 Å². The predicted molar refractivity (Wildman–Crippen MR) is 126 cm³/mol. The Kier molecular flexibility index (Phi) is 6.40. The number of fused-ring (bicyclic) bond motifs is 1. The van der Waals surface area contributed by atoms with Gasteiger partial charge in [-0.05, 0) is 54.9 Å². The Bertz CT molecular complexity index is 1040. The maximum atomic E-state index is 13.8. The molecule has 0 saturated carbocycles. The molecule has 0 bridgehead atoms. The minimum Gasteiger partial charge on any atom is -0.506 e. The van der Waals surface area contributed by atoms with Crippen LogP contribution in [0, 0.1) is 11.8 Å². The molecule has 0 spiro atoms. The van der Waals surface area contributed by atoms with Crippen molar-refractivity contribution in [3.63, 3.8) is 0 Å². The van der Waals surface area contributed by atoms with Crippen molar-refractivity contribution < 1.29 is 19.5 Å². The lowest BCUT2D eigenvalue weighted by molar-refractivity contribution is -0.157.